The van der Waals surface area contributed by atoms with E-state index in [0.717, 1.165) is 5.70 Å². The highest BCUT2D eigenvalue weighted by Gasteiger charge is 1.99. The van der Waals surface area contributed by atoms with E-state index in [4.69, 9.17) is 0 Å². The normalized spacial score (nSPS) is 13.3. The Morgan fingerprint density at radius 3 is 2.00 bits per heavy atom. The van der Waals surface area contributed by atoms with Gasteiger partial charge in [0.05, 0.1) is 0 Å². The van der Waals surface area contributed by atoms with Gasteiger partial charge in [0.15, 0.2) is 0 Å². The Hall–Kier alpha value is -0.850. The zero-order valence-electron chi connectivity index (χ0n) is 9.46. The van der Waals surface area contributed by atoms with Gasteiger partial charge in [0.25, 0.3) is 0 Å². The molecule has 13 heavy (non-hydrogen) atoms. The van der Waals surface area contributed by atoms with E-state index in [0.29, 0.717) is 11.8 Å². The standard InChI is InChI=1S/C12H21N/c1-7-12(10(4)5)8-13-11(6)9(2)3/h7-10H,6H2,1-5H3/b12-7+,13-8?. The molecule has 1 nitrogen and oxygen atoms in total. The largest absolute Gasteiger partial charge is 0.261 e. The molecule has 74 valence electrons. The highest BCUT2D eigenvalue weighted by atomic mass is 14.7. The molecule has 0 unspecified atom stereocenters. The van der Waals surface area contributed by atoms with Crippen LogP contribution in [0.4, 0.5) is 0 Å². The van der Waals surface area contributed by atoms with Gasteiger partial charge < -0.3 is 0 Å². The molecular weight excluding hydrogens is 158 g/mol. The fourth-order valence-corrected chi connectivity index (χ4v) is 0.863. The molecule has 0 saturated carbocycles. The van der Waals surface area contributed by atoms with Gasteiger partial charge in [-0.1, -0.05) is 40.3 Å². The molecule has 0 aromatic carbocycles. The van der Waals surface area contributed by atoms with Crippen molar-refractivity contribution in [1.82, 2.24) is 0 Å². The van der Waals surface area contributed by atoms with E-state index in [2.05, 4.69) is 45.3 Å². The summed E-state index contributed by atoms with van der Waals surface area (Å²) in [5, 5.41) is 0. The molecule has 0 aliphatic carbocycles. The Labute approximate surface area is 82.3 Å². The summed E-state index contributed by atoms with van der Waals surface area (Å²) in [5.74, 6) is 0.968. The maximum atomic E-state index is 4.33. The Kier molecular flexibility index (Phi) is 5.36. The van der Waals surface area contributed by atoms with E-state index in [1.165, 1.54) is 5.57 Å². The first-order valence-corrected chi connectivity index (χ1v) is 4.88. The summed E-state index contributed by atoms with van der Waals surface area (Å²) in [6.45, 7) is 14.5. The van der Waals surface area contributed by atoms with Crippen molar-refractivity contribution < 1.29 is 0 Å². The predicted molar refractivity (Wildman–Crippen MR) is 61.1 cm³/mol. The second kappa shape index (κ2) is 5.74. The van der Waals surface area contributed by atoms with Gasteiger partial charge in [-0.2, -0.15) is 0 Å². The number of rotatable bonds is 4. The Balaban J connectivity index is 4.34. The zero-order chi connectivity index (χ0) is 10.4. The molecule has 0 aliphatic rings. The number of allylic oxidation sites excluding steroid dienone is 3. The van der Waals surface area contributed by atoms with Crippen molar-refractivity contribution in [2.75, 3.05) is 0 Å². The van der Waals surface area contributed by atoms with Crippen LogP contribution in [0, 0.1) is 11.8 Å². The quantitative estimate of drug-likeness (QED) is 0.582. The molecule has 0 aromatic rings. The highest BCUT2D eigenvalue weighted by Crippen LogP contribution is 2.10. The van der Waals surface area contributed by atoms with Crippen LogP contribution in [0.3, 0.4) is 0 Å². The van der Waals surface area contributed by atoms with Crippen molar-refractivity contribution in [3.63, 3.8) is 0 Å². The molecule has 0 bridgehead atoms. The second-order valence-electron chi connectivity index (χ2n) is 3.85. The van der Waals surface area contributed by atoms with Gasteiger partial charge >= 0.3 is 0 Å². The third-order valence-corrected chi connectivity index (χ3v) is 2.05. The van der Waals surface area contributed by atoms with Crippen LogP contribution in [-0.2, 0) is 0 Å². The van der Waals surface area contributed by atoms with Gasteiger partial charge in [0.2, 0.25) is 0 Å². The Morgan fingerprint density at radius 1 is 1.15 bits per heavy atom. The van der Waals surface area contributed by atoms with Crippen LogP contribution in [0.15, 0.2) is 28.9 Å². The monoisotopic (exact) mass is 179 g/mol. The van der Waals surface area contributed by atoms with Crippen LogP contribution in [-0.4, -0.2) is 6.21 Å². The first-order chi connectivity index (χ1) is 5.99. The first kappa shape index (κ1) is 12.2. The van der Waals surface area contributed by atoms with E-state index in [-0.39, 0.29) is 0 Å². The van der Waals surface area contributed by atoms with Gasteiger partial charge in [-0.15, -0.1) is 0 Å². The molecule has 0 amide bonds. The Morgan fingerprint density at radius 2 is 1.69 bits per heavy atom. The molecule has 0 N–H and O–H groups in total. The Bertz CT molecular complexity index is 219. The van der Waals surface area contributed by atoms with Crippen LogP contribution in [0.1, 0.15) is 34.6 Å². The van der Waals surface area contributed by atoms with E-state index >= 15 is 0 Å². The lowest BCUT2D eigenvalue weighted by atomic mass is 10.0. The number of hydrogen-bond acceptors (Lipinski definition) is 1. The van der Waals surface area contributed by atoms with E-state index in [1.807, 2.05) is 13.1 Å². The van der Waals surface area contributed by atoms with Gasteiger partial charge in [-0.3, -0.25) is 4.99 Å². The molecule has 0 saturated heterocycles. The van der Waals surface area contributed by atoms with Crippen molar-refractivity contribution in [1.29, 1.82) is 0 Å². The minimum Gasteiger partial charge on any atom is -0.261 e. The summed E-state index contributed by atoms with van der Waals surface area (Å²) in [6, 6.07) is 0. The van der Waals surface area contributed by atoms with Crippen LogP contribution < -0.4 is 0 Å². The summed E-state index contributed by atoms with van der Waals surface area (Å²) < 4.78 is 0. The SMILES string of the molecule is C=C(N=C/C(=C\C)C(C)C)C(C)C. The van der Waals surface area contributed by atoms with Crippen molar-refractivity contribution in [3.8, 4) is 0 Å². The minimum absolute atomic E-state index is 0.432. The molecule has 0 radical (unpaired) electrons. The number of hydrogen-bond donors (Lipinski definition) is 0. The summed E-state index contributed by atoms with van der Waals surface area (Å²) in [4.78, 5) is 4.33. The van der Waals surface area contributed by atoms with E-state index in [9.17, 15) is 0 Å². The average molecular weight is 179 g/mol. The van der Waals surface area contributed by atoms with Crippen LogP contribution in [0.25, 0.3) is 0 Å². The summed E-state index contributed by atoms with van der Waals surface area (Å²) in [7, 11) is 0. The van der Waals surface area contributed by atoms with Gasteiger partial charge in [0.1, 0.15) is 0 Å². The van der Waals surface area contributed by atoms with Crippen LogP contribution >= 0.6 is 0 Å². The topological polar surface area (TPSA) is 12.4 Å². The van der Waals surface area contributed by atoms with Crippen molar-refractivity contribution in [3.05, 3.63) is 23.9 Å². The molecule has 0 aromatic heterocycles. The fraction of sp³-hybridized carbons (Fsp3) is 0.583. The average Bonchev–Trinajstić information content (AvgIpc) is 2.04. The van der Waals surface area contributed by atoms with E-state index in [1.54, 1.807) is 0 Å². The first-order valence-electron chi connectivity index (χ1n) is 4.88. The summed E-state index contributed by atoms with van der Waals surface area (Å²) >= 11 is 0. The van der Waals surface area contributed by atoms with Crippen LogP contribution in [0.2, 0.25) is 0 Å². The fourth-order valence-electron chi connectivity index (χ4n) is 0.863. The van der Waals surface area contributed by atoms with Crippen molar-refractivity contribution in [2.24, 2.45) is 16.8 Å². The van der Waals surface area contributed by atoms with Gasteiger partial charge in [-0.25, -0.2) is 0 Å². The van der Waals surface area contributed by atoms with E-state index < -0.39 is 0 Å². The third kappa shape index (κ3) is 4.66. The molecule has 0 spiro atoms. The number of nitrogens with zero attached hydrogens (tertiary/aromatic N) is 1. The lowest BCUT2D eigenvalue weighted by molar-refractivity contribution is 0.760. The highest BCUT2D eigenvalue weighted by molar-refractivity contribution is 5.79. The molecule has 0 aliphatic heterocycles. The molecule has 0 rings (SSSR count). The lowest BCUT2D eigenvalue weighted by Gasteiger charge is -2.06. The molecule has 0 atom stereocenters. The summed E-state index contributed by atoms with van der Waals surface area (Å²) in [6.07, 6.45) is 4.02. The van der Waals surface area contributed by atoms with Crippen LogP contribution in [0.5, 0.6) is 0 Å². The third-order valence-electron chi connectivity index (χ3n) is 2.05. The maximum absolute atomic E-state index is 4.33. The molecule has 0 fully saturated rings. The summed E-state index contributed by atoms with van der Waals surface area (Å²) in [5.41, 5.74) is 2.21. The van der Waals surface area contributed by atoms with Crippen molar-refractivity contribution >= 4 is 6.21 Å². The molecular formula is C12H21N. The second-order valence-corrected chi connectivity index (χ2v) is 3.85. The minimum atomic E-state index is 0.432. The van der Waals surface area contributed by atoms with Crippen molar-refractivity contribution in [2.45, 2.75) is 34.6 Å². The smallest absolute Gasteiger partial charge is 0.0357 e. The lowest BCUT2D eigenvalue weighted by Crippen LogP contribution is -1.96. The van der Waals surface area contributed by atoms with Gasteiger partial charge in [-0.05, 0) is 24.3 Å². The molecule has 1 heteroatoms. The molecule has 0 heterocycles. The predicted octanol–water partition coefficient (Wildman–Crippen LogP) is 3.83. The number of aliphatic imine (C=N–C) groups is 1. The zero-order valence-corrected chi connectivity index (χ0v) is 9.46. The maximum Gasteiger partial charge on any atom is 0.0357 e. The van der Waals surface area contributed by atoms with Gasteiger partial charge in [0, 0.05) is 11.9 Å².